The molecule has 4 nitrogen and oxygen atoms in total. The Labute approximate surface area is 112 Å². The molecule has 1 saturated heterocycles. The molecule has 2 heterocycles. The summed E-state index contributed by atoms with van der Waals surface area (Å²) < 4.78 is 0. The largest absolute Gasteiger partial charge is 0.325 e. The van der Waals surface area contributed by atoms with Crippen molar-refractivity contribution in [3.05, 3.63) is 36.7 Å². The summed E-state index contributed by atoms with van der Waals surface area (Å²) >= 11 is 0. The molecule has 2 aromatic rings. The van der Waals surface area contributed by atoms with Gasteiger partial charge in [-0.05, 0) is 43.5 Å². The molecule has 0 aliphatic carbocycles. The van der Waals surface area contributed by atoms with Crippen molar-refractivity contribution in [1.29, 1.82) is 0 Å². The Morgan fingerprint density at radius 1 is 1.26 bits per heavy atom. The van der Waals surface area contributed by atoms with E-state index in [2.05, 4.69) is 15.6 Å². The van der Waals surface area contributed by atoms with Crippen molar-refractivity contribution in [2.24, 2.45) is 5.92 Å². The number of anilines is 1. The number of carbonyl (C=O) groups excluding carboxylic acids is 1. The molecule has 1 amide bonds. The van der Waals surface area contributed by atoms with E-state index < -0.39 is 0 Å². The Bertz CT molecular complexity index is 585. The van der Waals surface area contributed by atoms with Gasteiger partial charge in [0.2, 0.25) is 5.91 Å². The number of benzene rings is 1. The average Bonchev–Trinajstić information content (AvgIpc) is 2.48. The maximum atomic E-state index is 12.3. The first kappa shape index (κ1) is 12.1. The van der Waals surface area contributed by atoms with Gasteiger partial charge in [-0.25, -0.2) is 0 Å². The van der Waals surface area contributed by atoms with E-state index in [1.807, 2.05) is 24.3 Å². The molecule has 0 bridgehead atoms. The van der Waals surface area contributed by atoms with E-state index >= 15 is 0 Å². The van der Waals surface area contributed by atoms with E-state index in [1.165, 1.54) is 0 Å². The third-order valence-corrected chi connectivity index (χ3v) is 3.65. The summed E-state index contributed by atoms with van der Waals surface area (Å²) in [6.07, 6.45) is 5.39. The lowest BCUT2D eigenvalue weighted by atomic mass is 9.97. The van der Waals surface area contributed by atoms with Crippen LogP contribution < -0.4 is 10.6 Å². The molecule has 1 aliphatic heterocycles. The van der Waals surface area contributed by atoms with Crippen LogP contribution in [0.25, 0.3) is 10.8 Å². The molecule has 2 N–H and O–H groups in total. The standard InChI is InChI=1S/C15H17N3O/c19-15(12-5-7-16-8-6-12)18-14-3-1-2-11-4-9-17-10-13(11)14/h1-4,9-10,12,16H,5-8H2,(H,18,19). The number of nitrogens with zero attached hydrogens (tertiary/aromatic N) is 1. The Morgan fingerprint density at radius 3 is 2.95 bits per heavy atom. The van der Waals surface area contributed by atoms with Gasteiger partial charge in [0, 0.05) is 23.7 Å². The molecular weight excluding hydrogens is 238 g/mol. The predicted octanol–water partition coefficient (Wildman–Crippen LogP) is 2.17. The van der Waals surface area contributed by atoms with Crippen LogP contribution in [-0.2, 0) is 4.79 Å². The summed E-state index contributed by atoms with van der Waals surface area (Å²) in [4.78, 5) is 16.4. The minimum atomic E-state index is 0.119. The van der Waals surface area contributed by atoms with Gasteiger partial charge in [-0.3, -0.25) is 9.78 Å². The van der Waals surface area contributed by atoms with Crippen molar-refractivity contribution in [1.82, 2.24) is 10.3 Å². The number of rotatable bonds is 2. The number of carbonyl (C=O) groups is 1. The molecule has 0 spiro atoms. The highest BCUT2D eigenvalue weighted by Gasteiger charge is 2.21. The fourth-order valence-corrected chi connectivity index (χ4v) is 2.54. The van der Waals surface area contributed by atoms with Crippen molar-refractivity contribution in [2.45, 2.75) is 12.8 Å². The zero-order chi connectivity index (χ0) is 13.1. The Balaban J connectivity index is 1.82. The molecule has 0 radical (unpaired) electrons. The van der Waals surface area contributed by atoms with Crippen LogP contribution in [0.15, 0.2) is 36.7 Å². The zero-order valence-corrected chi connectivity index (χ0v) is 10.7. The zero-order valence-electron chi connectivity index (χ0n) is 10.7. The normalized spacial score (nSPS) is 16.4. The van der Waals surface area contributed by atoms with Crippen molar-refractivity contribution in [3.63, 3.8) is 0 Å². The second-order valence-corrected chi connectivity index (χ2v) is 4.92. The van der Waals surface area contributed by atoms with E-state index in [0.29, 0.717) is 0 Å². The summed E-state index contributed by atoms with van der Waals surface area (Å²) in [5.41, 5.74) is 0.856. The number of piperidine rings is 1. The van der Waals surface area contributed by atoms with Crippen molar-refractivity contribution < 1.29 is 4.79 Å². The van der Waals surface area contributed by atoms with Crippen LogP contribution in [0.4, 0.5) is 5.69 Å². The summed E-state index contributed by atoms with van der Waals surface area (Å²) in [5, 5.41) is 8.41. The molecule has 1 aromatic carbocycles. The fraction of sp³-hybridized carbons (Fsp3) is 0.333. The fourth-order valence-electron chi connectivity index (χ4n) is 2.54. The van der Waals surface area contributed by atoms with Gasteiger partial charge >= 0.3 is 0 Å². The number of hydrogen-bond acceptors (Lipinski definition) is 3. The van der Waals surface area contributed by atoms with Gasteiger partial charge in [0.15, 0.2) is 0 Å². The smallest absolute Gasteiger partial charge is 0.227 e. The maximum Gasteiger partial charge on any atom is 0.227 e. The van der Waals surface area contributed by atoms with Gasteiger partial charge < -0.3 is 10.6 Å². The van der Waals surface area contributed by atoms with Gasteiger partial charge in [0.25, 0.3) is 0 Å². The van der Waals surface area contributed by atoms with E-state index in [-0.39, 0.29) is 11.8 Å². The van der Waals surface area contributed by atoms with Crippen LogP contribution in [0.3, 0.4) is 0 Å². The highest BCUT2D eigenvalue weighted by Crippen LogP contribution is 2.23. The summed E-state index contributed by atoms with van der Waals surface area (Å²) in [6.45, 7) is 1.85. The van der Waals surface area contributed by atoms with Crippen LogP contribution in [0.1, 0.15) is 12.8 Å². The van der Waals surface area contributed by atoms with Crippen LogP contribution in [0.5, 0.6) is 0 Å². The Kier molecular flexibility index (Phi) is 3.42. The van der Waals surface area contributed by atoms with E-state index in [4.69, 9.17) is 0 Å². The van der Waals surface area contributed by atoms with Crippen LogP contribution in [0, 0.1) is 5.92 Å². The molecule has 19 heavy (non-hydrogen) atoms. The highest BCUT2D eigenvalue weighted by molar-refractivity contribution is 6.02. The first-order valence-electron chi connectivity index (χ1n) is 6.69. The third kappa shape index (κ3) is 2.58. The second-order valence-electron chi connectivity index (χ2n) is 4.92. The molecule has 3 rings (SSSR count). The van der Waals surface area contributed by atoms with Crippen molar-refractivity contribution >= 4 is 22.4 Å². The maximum absolute atomic E-state index is 12.3. The van der Waals surface area contributed by atoms with E-state index in [1.54, 1.807) is 12.4 Å². The van der Waals surface area contributed by atoms with Crippen LogP contribution in [-0.4, -0.2) is 24.0 Å². The number of amides is 1. The van der Waals surface area contributed by atoms with Crippen LogP contribution >= 0.6 is 0 Å². The summed E-state index contributed by atoms with van der Waals surface area (Å²) in [6, 6.07) is 7.87. The molecule has 1 aliphatic rings. The molecule has 0 unspecified atom stereocenters. The molecule has 4 heteroatoms. The topological polar surface area (TPSA) is 54.0 Å². The second kappa shape index (κ2) is 5.36. The predicted molar refractivity (Wildman–Crippen MR) is 76.0 cm³/mol. The van der Waals surface area contributed by atoms with E-state index in [9.17, 15) is 4.79 Å². The lowest BCUT2D eigenvalue weighted by molar-refractivity contribution is -0.120. The van der Waals surface area contributed by atoms with Gasteiger partial charge in [0.1, 0.15) is 0 Å². The Morgan fingerprint density at radius 2 is 2.11 bits per heavy atom. The lowest BCUT2D eigenvalue weighted by Crippen LogP contribution is -2.34. The third-order valence-electron chi connectivity index (χ3n) is 3.65. The number of fused-ring (bicyclic) bond motifs is 1. The summed E-state index contributed by atoms with van der Waals surface area (Å²) in [5.74, 6) is 0.242. The molecule has 1 aromatic heterocycles. The molecule has 98 valence electrons. The number of hydrogen-bond donors (Lipinski definition) is 2. The first-order chi connectivity index (χ1) is 9.34. The number of aromatic nitrogens is 1. The number of pyridine rings is 1. The van der Waals surface area contributed by atoms with Gasteiger partial charge in [-0.15, -0.1) is 0 Å². The highest BCUT2D eigenvalue weighted by atomic mass is 16.1. The van der Waals surface area contributed by atoms with Gasteiger partial charge in [-0.2, -0.15) is 0 Å². The number of nitrogens with one attached hydrogen (secondary N) is 2. The first-order valence-corrected chi connectivity index (χ1v) is 6.69. The minimum Gasteiger partial charge on any atom is -0.325 e. The lowest BCUT2D eigenvalue weighted by Gasteiger charge is -2.22. The molecule has 0 atom stereocenters. The van der Waals surface area contributed by atoms with Crippen molar-refractivity contribution in [2.75, 3.05) is 18.4 Å². The molecular formula is C15H17N3O. The minimum absolute atomic E-state index is 0.119. The quantitative estimate of drug-likeness (QED) is 0.864. The molecule has 0 saturated carbocycles. The van der Waals surface area contributed by atoms with E-state index in [0.717, 1.165) is 42.4 Å². The Hall–Kier alpha value is -1.94. The van der Waals surface area contributed by atoms with Crippen molar-refractivity contribution in [3.8, 4) is 0 Å². The summed E-state index contributed by atoms with van der Waals surface area (Å²) in [7, 11) is 0. The van der Waals surface area contributed by atoms with Gasteiger partial charge in [-0.1, -0.05) is 12.1 Å². The van der Waals surface area contributed by atoms with Crippen LogP contribution in [0.2, 0.25) is 0 Å². The average molecular weight is 255 g/mol. The monoisotopic (exact) mass is 255 g/mol. The molecule has 1 fully saturated rings. The van der Waals surface area contributed by atoms with Gasteiger partial charge in [0.05, 0.1) is 5.69 Å². The SMILES string of the molecule is O=C(Nc1cccc2ccncc12)C1CCNCC1.